The van der Waals surface area contributed by atoms with Crippen molar-refractivity contribution in [2.24, 2.45) is 0 Å². The molecule has 2 heterocycles. The van der Waals surface area contributed by atoms with Crippen LogP contribution in [0.1, 0.15) is 13.3 Å². The van der Waals surface area contributed by atoms with Crippen molar-refractivity contribution < 1.29 is 4.74 Å². The van der Waals surface area contributed by atoms with Gasteiger partial charge in [0.05, 0.1) is 0 Å². The molecule has 2 aromatic heterocycles. The summed E-state index contributed by atoms with van der Waals surface area (Å²) >= 11 is 0. The highest BCUT2D eigenvalue weighted by molar-refractivity contribution is 5.49. The van der Waals surface area contributed by atoms with Gasteiger partial charge in [0.2, 0.25) is 0 Å². The summed E-state index contributed by atoms with van der Waals surface area (Å²) in [5.41, 5.74) is 0.967. The van der Waals surface area contributed by atoms with Crippen LogP contribution in [0, 0.1) is 0 Å². The van der Waals surface area contributed by atoms with Crippen molar-refractivity contribution in [3.05, 3.63) is 30.6 Å². The fourth-order valence-corrected chi connectivity index (χ4v) is 1.63. The van der Waals surface area contributed by atoms with Gasteiger partial charge in [-0.25, -0.2) is 4.98 Å². The second-order valence-electron chi connectivity index (χ2n) is 3.54. The molecule has 4 nitrogen and oxygen atoms in total. The van der Waals surface area contributed by atoms with E-state index in [0.29, 0.717) is 0 Å². The molecule has 0 amide bonds. The fraction of sp³-hybridized carbons (Fsp3) is 0.417. The lowest BCUT2D eigenvalue weighted by Gasteiger charge is -2.08. The van der Waals surface area contributed by atoms with Gasteiger partial charge in [-0.2, -0.15) is 0 Å². The predicted octanol–water partition coefficient (Wildman–Crippen LogP) is 2.17. The predicted molar refractivity (Wildman–Crippen MR) is 64.8 cm³/mol. The highest BCUT2D eigenvalue weighted by atomic mass is 16.5. The zero-order chi connectivity index (χ0) is 11.2. The highest BCUT2D eigenvalue weighted by Crippen LogP contribution is 2.10. The van der Waals surface area contributed by atoms with Crippen molar-refractivity contribution in [3.8, 4) is 0 Å². The van der Waals surface area contributed by atoms with Gasteiger partial charge in [0, 0.05) is 32.2 Å². The van der Waals surface area contributed by atoms with E-state index in [1.54, 1.807) is 6.20 Å². The number of nitrogens with one attached hydrogen (secondary N) is 1. The number of hydrogen-bond donors (Lipinski definition) is 1. The van der Waals surface area contributed by atoms with Crippen LogP contribution < -0.4 is 5.32 Å². The monoisotopic (exact) mass is 219 g/mol. The molecule has 2 aromatic rings. The number of anilines is 1. The minimum absolute atomic E-state index is 0.789. The van der Waals surface area contributed by atoms with Gasteiger partial charge in [0.1, 0.15) is 11.5 Å². The summed E-state index contributed by atoms with van der Waals surface area (Å²) in [6, 6.07) is 6.05. The van der Waals surface area contributed by atoms with Crippen LogP contribution in [0.2, 0.25) is 0 Å². The van der Waals surface area contributed by atoms with Gasteiger partial charge in [-0.05, 0) is 25.5 Å². The van der Waals surface area contributed by atoms with Gasteiger partial charge in [0.15, 0.2) is 0 Å². The standard InChI is InChI=1S/C12H17N3O/c1-2-16-10-4-7-13-11-5-3-6-12-14-8-9-15(11)12/h3,5-6,8-9,13H,2,4,7,10H2,1H3. The molecule has 0 spiro atoms. The second kappa shape index (κ2) is 5.51. The Morgan fingerprint density at radius 1 is 1.44 bits per heavy atom. The van der Waals surface area contributed by atoms with Gasteiger partial charge in [-0.1, -0.05) is 6.07 Å². The molecule has 86 valence electrons. The molecule has 4 heteroatoms. The molecule has 0 aliphatic carbocycles. The van der Waals surface area contributed by atoms with E-state index in [4.69, 9.17) is 4.74 Å². The number of rotatable bonds is 6. The Morgan fingerprint density at radius 3 is 3.25 bits per heavy atom. The third-order valence-corrected chi connectivity index (χ3v) is 2.40. The van der Waals surface area contributed by atoms with Crippen LogP contribution in [0.3, 0.4) is 0 Å². The summed E-state index contributed by atoms with van der Waals surface area (Å²) in [6.07, 6.45) is 4.78. The van der Waals surface area contributed by atoms with Crippen LogP contribution in [0.15, 0.2) is 30.6 Å². The molecule has 0 fully saturated rings. The maximum Gasteiger partial charge on any atom is 0.138 e. The maximum atomic E-state index is 5.28. The Kier molecular flexibility index (Phi) is 3.77. The van der Waals surface area contributed by atoms with E-state index in [1.165, 1.54) is 0 Å². The van der Waals surface area contributed by atoms with E-state index in [1.807, 2.05) is 29.7 Å². The smallest absolute Gasteiger partial charge is 0.138 e. The quantitative estimate of drug-likeness (QED) is 0.757. The van der Waals surface area contributed by atoms with E-state index < -0.39 is 0 Å². The van der Waals surface area contributed by atoms with E-state index in [0.717, 1.165) is 37.6 Å². The molecule has 1 N–H and O–H groups in total. The Balaban J connectivity index is 1.91. The number of fused-ring (bicyclic) bond motifs is 1. The topological polar surface area (TPSA) is 38.6 Å². The van der Waals surface area contributed by atoms with Crippen molar-refractivity contribution in [3.63, 3.8) is 0 Å². The summed E-state index contributed by atoms with van der Waals surface area (Å²) in [6.45, 7) is 4.53. The third-order valence-electron chi connectivity index (χ3n) is 2.40. The Morgan fingerprint density at radius 2 is 2.38 bits per heavy atom. The van der Waals surface area contributed by atoms with Crippen molar-refractivity contribution in [1.82, 2.24) is 9.38 Å². The molecular weight excluding hydrogens is 202 g/mol. The number of nitrogens with zero attached hydrogens (tertiary/aromatic N) is 2. The number of pyridine rings is 1. The minimum atomic E-state index is 0.789. The Labute approximate surface area is 95.3 Å². The molecule has 2 rings (SSSR count). The van der Waals surface area contributed by atoms with Crippen LogP contribution in [0.25, 0.3) is 5.65 Å². The molecule has 0 aliphatic heterocycles. The number of ether oxygens (including phenoxy) is 1. The summed E-state index contributed by atoms with van der Waals surface area (Å²) < 4.78 is 7.33. The third kappa shape index (κ3) is 2.52. The van der Waals surface area contributed by atoms with Crippen LogP contribution in [-0.4, -0.2) is 29.1 Å². The van der Waals surface area contributed by atoms with E-state index in [2.05, 4.69) is 16.4 Å². The van der Waals surface area contributed by atoms with Gasteiger partial charge >= 0.3 is 0 Å². The van der Waals surface area contributed by atoms with Crippen molar-refractivity contribution in [2.45, 2.75) is 13.3 Å². The van der Waals surface area contributed by atoms with E-state index in [-0.39, 0.29) is 0 Å². The molecule has 0 bridgehead atoms. The Bertz CT molecular complexity index is 439. The van der Waals surface area contributed by atoms with E-state index >= 15 is 0 Å². The fourth-order valence-electron chi connectivity index (χ4n) is 1.63. The highest BCUT2D eigenvalue weighted by Gasteiger charge is 1.98. The summed E-state index contributed by atoms with van der Waals surface area (Å²) in [5, 5.41) is 3.38. The first-order valence-corrected chi connectivity index (χ1v) is 5.65. The van der Waals surface area contributed by atoms with Gasteiger partial charge in [-0.3, -0.25) is 4.40 Å². The zero-order valence-electron chi connectivity index (χ0n) is 9.52. The lowest BCUT2D eigenvalue weighted by atomic mass is 10.4. The lowest BCUT2D eigenvalue weighted by Crippen LogP contribution is -2.08. The first-order valence-electron chi connectivity index (χ1n) is 5.65. The molecule has 0 radical (unpaired) electrons. The Hall–Kier alpha value is -1.55. The normalized spacial score (nSPS) is 10.8. The maximum absolute atomic E-state index is 5.28. The van der Waals surface area contributed by atoms with Crippen LogP contribution in [0.4, 0.5) is 5.82 Å². The molecule has 0 aromatic carbocycles. The van der Waals surface area contributed by atoms with Crippen molar-refractivity contribution in [1.29, 1.82) is 0 Å². The van der Waals surface area contributed by atoms with Gasteiger partial charge in [0.25, 0.3) is 0 Å². The largest absolute Gasteiger partial charge is 0.382 e. The first-order chi connectivity index (χ1) is 7.92. The van der Waals surface area contributed by atoms with Crippen molar-refractivity contribution in [2.75, 3.05) is 25.1 Å². The molecule has 16 heavy (non-hydrogen) atoms. The van der Waals surface area contributed by atoms with Crippen LogP contribution >= 0.6 is 0 Å². The SMILES string of the molecule is CCOCCCNc1cccc2nccn12. The van der Waals surface area contributed by atoms with Gasteiger partial charge in [-0.15, -0.1) is 0 Å². The molecular formula is C12H17N3O. The summed E-state index contributed by atoms with van der Waals surface area (Å²) in [4.78, 5) is 4.24. The molecule has 0 saturated heterocycles. The number of aromatic nitrogens is 2. The zero-order valence-corrected chi connectivity index (χ0v) is 9.52. The van der Waals surface area contributed by atoms with E-state index in [9.17, 15) is 0 Å². The average molecular weight is 219 g/mol. The molecule has 0 aliphatic rings. The van der Waals surface area contributed by atoms with Crippen LogP contribution in [0.5, 0.6) is 0 Å². The van der Waals surface area contributed by atoms with Crippen molar-refractivity contribution >= 4 is 11.5 Å². The second-order valence-corrected chi connectivity index (χ2v) is 3.54. The van der Waals surface area contributed by atoms with Gasteiger partial charge < -0.3 is 10.1 Å². The van der Waals surface area contributed by atoms with Crippen LogP contribution in [-0.2, 0) is 4.74 Å². The first kappa shape index (κ1) is 11.0. The minimum Gasteiger partial charge on any atom is -0.382 e. The molecule has 0 unspecified atom stereocenters. The summed E-state index contributed by atoms with van der Waals surface area (Å²) in [7, 11) is 0. The number of hydrogen-bond acceptors (Lipinski definition) is 3. The molecule has 0 saturated carbocycles. The molecule has 0 atom stereocenters. The summed E-state index contributed by atoms with van der Waals surface area (Å²) in [5.74, 6) is 1.08. The average Bonchev–Trinajstić information content (AvgIpc) is 2.77. The number of imidazole rings is 1. The lowest BCUT2D eigenvalue weighted by molar-refractivity contribution is 0.147.